The molecule has 12 heteroatoms. The molecule has 3 aromatic rings. The van der Waals surface area contributed by atoms with E-state index < -0.39 is 38.9 Å². The smallest absolute Gasteiger partial charge is 0.417 e. The highest BCUT2D eigenvalue weighted by Gasteiger charge is 2.33. The van der Waals surface area contributed by atoms with Crippen LogP contribution < -0.4 is 14.8 Å². The number of aromatic nitrogens is 1. The van der Waals surface area contributed by atoms with Gasteiger partial charge >= 0.3 is 6.18 Å². The lowest BCUT2D eigenvalue weighted by Gasteiger charge is -2.15. The highest BCUT2D eigenvalue weighted by atomic mass is 35.5. The fourth-order valence-corrected chi connectivity index (χ4v) is 3.51. The number of hydrogen-bond donors (Lipinski definition) is 1. The Labute approximate surface area is 192 Å². The number of halogens is 4. The minimum Gasteiger partial charge on any atom is -0.493 e. The van der Waals surface area contributed by atoms with Gasteiger partial charge in [0.05, 0.1) is 17.6 Å². The molecule has 174 valence electrons. The second-order valence-electron chi connectivity index (χ2n) is 6.73. The summed E-state index contributed by atoms with van der Waals surface area (Å²) in [6.07, 6.45) is -3.26. The van der Waals surface area contributed by atoms with Crippen LogP contribution in [0, 0.1) is 0 Å². The number of methoxy groups -OCH3 is 1. The van der Waals surface area contributed by atoms with Gasteiger partial charge in [0, 0.05) is 29.2 Å². The van der Waals surface area contributed by atoms with Crippen LogP contribution in [-0.2, 0) is 16.0 Å². The molecule has 2 aromatic carbocycles. The molecule has 0 aliphatic rings. The normalized spacial score (nSPS) is 11.7. The van der Waals surface area contributed by atoms with Crippen LogP contribution in [0.15, 0.2) is 59.6 Å². The van der Waals surface area contributed by atoms with Crippen molar-refractivity contribution < 1.29 is 35.9 Å². The van der Waals surface area contributed by atoms with Gasteiger partial charge in [-0.25, -0.2) is 13.4 Å². The van der Waals surface area contributed by atoms with Gasteiger partial charge in [-0.3, -0.25) is 4.79 Å². The summed E-state index contributed by atoms with van der Waals surface area (Å²) in [4.78, 5) is 16.5. The summed E-state index contributed by atoms with van der Waals surface area (Å²) in [6.45, 7) is 0. The number of hydrogen-bond acceptors (Lipinski definition) is 6. The van der Waals surface area contributed by atoms with Crippen LogP contribution in [0.1, 0.15) is 15.9 Å². The molecular weight excluding hydrogens is 485 g/mol. The van der Waals surface area contributed by atoms with Crippen molar-refractivity contribution in [2.24, 2.45) is 0 Å². The summed E-state index contributed by atoms with van der Waals surface area (Å²) < 4.78 is 74.0. The average Bonchev–Trinajstić information content (AvgIpc) is 2.74. The first-order valence-corrected chi connectivity index (χ1v) is 11.4. The summed E-state index contributed by atoms with van der Waals surface area (Å²) in [5, 5.41) is 2.69. The zero-order valence-electron chi connectivity index (χ0n) is 17.1. The molecule has 0 saturated carbocycles. The van der Waals surface area contributed by atoms with Crippen LogP contribution in [-0.4, -0.2) is 32.7 Å². The zero-order chi connectivity index (χ0) is 24.4. The molecule has 0 spiro atoms. The molecule has 1 amide bonds. The molecule has 0 bridgehead atoms. The van der Waals surface area contributed by atoms with Crippen LogP contribution in [0.3, 0.4) is 0 Å². The van der Waals surface area contributed by atoms with E-state index in [0.29, 0.717) is 17.3 Å². The molecule has 33 heavy (non-hydrogen) atoms. The van der Waals surface area contributed by atoms with Crippen molar-refractivity contribution in [1.29, 1.82) is 0 Å². The summed E-state index contributed by atoms with van der Waals surface area (Å²) in [6, 6.07) is 10.1. The first kappa shape index (κ1) is 24.3. The van der Waals surface area contributed by atoms with Crippen molar-refractivity contribution >= 4 is 33.0 Å². The number of alkyl halides is 3. The van der Waals surface area contributed by atoms with Crippen molar-refractivity contribution in [3.8, 4) is 17.4 Å². The van der Waals surface area contributed by atoms with Crippen LogP contribution in [0.25, 0.3) is 0 Å². The average molecular weight is 501 g/mol. The summed E-state index contributed by atoms with van der Waals surface area (Å²) in [5.41, 5.74) is -1.66. The van der Waals surface area contributed by atoms with Crippen molar-refractivity contribution in [3.63, 3.8) is 0 Å². The standard InChI is InChI=1S/C21H16ClF3N2O5S/c1-31-18-9-13(22)6-7-17(18)32-20-16(8-12(11-26-20)21(23,24)25)19(28)27-14-4-3-5-15(10-14)33(2,29)30/h3-11H,1-2H3,(H,27,28). The lowest BCUT2D eigenvalue weighted by Crippen LogP contribution is -2.16. The number of nitrogens with one attached hydrogen (secondary N) is 1. The third kappa shape index (κ3) is 5.93. The number of benzene rings is 2. The van der Waals surface area contributed by atoms with E-state index in [1.165, 1.54) is 49.6 Å². The Morgan fingerprint density at radius 2 is 1.82 bits per heavy atom. The molecular formula is C21H16ClF3N2O5S. The van der Waals surface area contributed by atoms with E-state index in [0.717, 1.165) is 6.26 Å². The maximum Gasteiger partial charge on any atom is 0.417 e. The Morgan fingerprint density at radius 1 is 1.09 bits per heavy atom. The molecule has 3 rings (SSSR count). The predicted octanol–water partition coefficient (Wildman–Crippen LogP) is 5.21. The van der Waals surface area contributed by atoms with Crippen LogP contribution in [0.5, 0.6) is 17.4 Å². The zero-order valence-corrected chi connectivity index (χ0v) is 18.7. The van der Waals surface area contributed by atoms with Crippen molar-refractivity contribution in [2.45, 2.75) is 11.1 Å². The summed E-state index contributed by atoms with van der Waals surface area (Å²) >= 11 is 5.90. The molecule has 1 heterocycles. The van der Waals surface area contributed by atoms with E-state index in [9.17, 15) is 26.4 Å². The van der Waals surface area contributed by atoms with Gasteiger partial charge in [0.25, 0.3) is 5.91 Å². The lowest BCUT2D eigenvalue weighted by molar-refractivity contribution is -0.137. The van der Waals surface area contributed by atoms with E-state index in [-0.39, 0.29) is 22.1 Å². The summed E-state index contributed by atoms with van der Waals surface area (Å²) in [5.74, 6) is -1.21. The fraction of sp³-hybridized carbons (Fsp3) is 0.143. The van der Waals surface area contributed by atoms with Crippen molar-refractivity contribution in [1.82, 2.24) is 4.98 Å². The van der Waals surface area contributed by atoms with Gasteiger partial charge in [-0.1, -0.05) is 17.7 Å². The molecule has 1 aromatic heterocycles. The van der Waals surface area contributed by atoms with E-state index in [2.05, 4.69) is 10.3 Å². The van der Waals surface area contributed by atoms with Crippen LogP contribution >= 0.6 is 11.6 Å². The molecule has 0 saturated heterocycles. The molecule has 0 atom stereocenters. The third-order valence-corrected chi connectivity index (χ3v) is 5.62. The van der Waals surface area contributed by atoms with E-state index in [4.69, 9.17) is 21.1 Å². The quantitative estimate of drug-likeness (QED) is 0.499. The number of ether oxygens (including phenoxy) is 2. The molecule has 7 nitrogen and oxygen atoms in total. The van der Waals surface area contributed by atoms with Crippen LogP contribution in [0.4, 0.5) is 18.9 Å². The summed E-state index contributed by atoms with van der Waals surface area (Å²) in [7, 11) is -2.24. The van der Waals surface area contributed by atoms with Gasteiger partial charge in [0.15, 0.2) is 21.3 Å². The monoisotopic (exact) mass is 500 g/mol. The Hall–Kier alpha value is -3.31. The predicted molar refractivity (Wildman–Crippen MR) is 115 cm³/mol. The Bertz CT molecular complexity index is 1310. The first-order chi connectivity index (χ1) is 15.4. The van der Waals surface area contributed by atoms with Gasteiger partial charge in [0.2, 0.25) is 5.88 Å². The molecule has 0 radical (unpaired) electrons. The number of carbonyl (C=O) groups is 1. The van der Waals surface area contributed by atoms with Gasteiger partial charge < -0.3 is 14.8 Å². The first-order valence-electron chi connectivity index (χ1n) is 9.08. The number of amides is 1. The number of pyridine rings is 1. The minimum atomic E-state index is -4.77. The third-order valence-electron chi connectivity index (χ3n) is 4.28. The highest BCUT2D eigenvalue weighted by molar-refractivity contribution is 7.90. The van der Waals surface area contributed by atoms with Crippen molar-refractivity contribution in [3.05, 3.63) is 70.9 Å². The van der Waals surface area contributed by atoms with Crippen LogP contribution in [0.2, 0.25) is 5.02 Å². The number of rotatable bonds is 6. The SMILES string of the molecule is COc1cc(Cl)ccc1Oc1ncc(C(F)(F)F)cc1C(=O)Nc1cccc(S(C)(=O)=O)c1. The largest absolute Gasteiger partial charge is 0.493 e. The fourth-order valence-electron chi connectivity index (χ4n) is 2.68. The van der Waals surface area contributed by atoms with Crippen molar-refractivity contribution in [2.75, 3.05) is 18.7 Å². The second kappa shape index (κ2) is 9.28. The van der Waals surface area contributed by atoms with E-state index >= 15 is 0 Å². The number of anilines is 1. The van der Waals surface area contributed by atoms with Gasteiger partial charge in [0.1, 0.15) is 5.56 Å². The molecule has 1 N–H and O–H groups in total. The Morgan fingerprint density at radius 3 is 2.45 bits per heavy atom. The maximum atomic E-state index is 13.3. The van der Waals surface area contributed by atoms with E-state index in [1.807, 2.05) is 0 Å². The van der Waals surface area contributed by atoms with Gasteiger partial charge in [-0.2, -0.15) is 13.2 Å². The van der Waals surface area contributed by atoms with Gasteiger partial charge in [-0.15, -0.1) is 0 Å². The number of carbonyl (C=O) groups excluding carboxylic acids is 1. The minimum absolute atomic E-state index is 0.0513. The highest BCUT2D eigenvalue weighted by Crippen LogP contribution is 2.36. The topological polar surface area (TPSA) is 94.6 Å². The Kier molecular flexibility index (Phi) is 6.84. The number of sulfone groups is 1. The van der Waals surface area contributed by atoms with Gasteiger partial charge in [-0.05, 0) is 36.4 Å². The van der Waals surface area contributed by atoms with E-state index in [1.54, 1.807) is 0 Å². The molecule has 0 unspecified atom stereocenters. The maximum absolute atomic E-state index is 13.3. The lowest BCUT2D eigenvalue weighted by atomic mass is 10.1. The second-order valence-corrected chi connectivity index (χ2v) is 9.18. The Balaban J connectivity index is 2.02. The molecule has 0 fully saturated rings. The molecule has 0 aliphatic heterocycles. The molecule has 0 aliphatic carbocycles. The number of nitrogens with zero attached hydrogens (tertiary/aromatic N) is 1.